The number of anilines is 2. The van der Waals surface area contributed by atoms with Crippen molar-refractivity contribution in [1.82, 2.24) is 4.98 Å². The van der Waals surface area contributed by atoms with E-state index in [9.17, 15) is 20.2 Å². The predicted molar refractivity (Wildman–Crippen MR) is 81.0 cm³/mol. The van der Waals surface area contributed by atoms with Crippen LogP contribution >= 0.6 is 0 Å². The zero-order valence-electron chi connectivity index (χ0n) is 11.4. The van der Waals surface area contributed by atoms with Crippen molar-refractivity contribution in [3.63, 3.8) is 0 Å². The molecule has 2 N–H and O–H groups in total. The number of benzene rings is 1. The summed E-state index contributed by atoms with van der Waals surface area (Å²) >= 11 is 0. The van der Waals surface area contributed by atoms with Gasteiger partial charge in [0, 0.05) is 37.0 Å². The van der Waals surface area contributed by atoms with Gasteiger partial charge in [-0.2, -0.15) is 0 Å². The van der Waals surface area contributed by atoms with Crippen LogP contribution in [0, 0.1) is 20.2 Å². The summed E-state index contributed by atoms with van der Waals surface area (Å²) in [6.07, 6.45) is 1.19. The summed E-state index contributed by atoms with van der Waals surface area (Å²) in [6, 6.07) is 9.01. The van der Waals surface area contributed by atoms with Crippen molar-refractivity contribution >= 4 is 22.9 Å². The number of nitrogens with one attached hydrogen (secondary N) is 2. The highest BCUT2D eigenvalue weighted by Crippen LogP contribution is 2.15. The Labute approximate surface area is 125 Å². The number of pyridine rings is 1. The molecule has 0 amide bonds. The van der Waals surface area contributed by atoms with Crippen molar-refractivity contribution in [3.05, 3.63) is 62.8 Å². The molecule has 2 aromatic rings. The average molecular weight is 303 g/mol. The molecule has 2 rings (SSSR count). The lowest BCUT2D eigenvalue weighted by atomic mass is 10.3. The first kappa shape index (κ1) is 15.2. The lowest BCUT2D eigenvalue weighted by Crippen LogP contribution is -2.14. The van der Waals surface area contributed by atoms with Crippen molar-refractivity contribution < 1.29 is 9.85 Å². The molecule has 0 aliphatic carbocycles. The van der Waals surface area contributed by atoms with Gasteiger partial charge in [0.1, 0.15) is 12.0 Å². The number of nitro benzene ring substituents is 1. The van der Waals surface area contributed by atoms with E-state index in [0.717, 1.165) is 5.69 Å². The van der Waals surface area contributed by atoms with Crippen LogP contribution in [0.2, 0.25) is 0 Å². The highest BCUT2D eigenvalue weighted by Gasteiger charge is 2.05. The van der Waals surface area contributed by atoms with E-state index in [1.807, 2.05) is 0 Å². The molecule has 0 spiro atoms. The van der Waals surface area contributed by atoms with E-state index in [1.54, 1.807) is 12.1 Å². The van der Waals surface area contributed by atoms with Crippen molar-refractivity contribution in [3.8, 4) is 0 Å². The van der Waals surface area contributed by atoms with Crippen LogP contribution in [0.25, 0.3) is 0 Å². The summed E-state index contributed by atoms with van der Waals surface area (Å²) in [5.41, 5.74) is 0.748. The number of non-ortho nitro benzene ring substituents is 1. The molecule has 1 aromatic heterocycles. The fourth-order valence-corrected chi connectivity index (χ4v) is 1.70. The lowest BCUT2D eigenvalue weighted by molar-refractivity contribution is -0.385. The molecule has 1 heterocycles. The minimum Gasteiger partial charge on any atom is -0.383 e. The topological polar surface area (TPSA) is 123 Å². The van der Waals surface area contributed by atoms with E-state index in [1.165, 1.54) is 30.5 Å². The number of hydrogen-bond acceptors (Lipinski definition) is 7. The molecule has 0 saturated heterocycles. The maximum absolute atomic E-state index is 10.5. The van der Waals surface area contributed by atoms with Gasteiger partial charge in [0.2, 0.25) is 0 Å². The van der Waals surface area contributed by atoms with Gasteiger partial charge in [-0.05, 0) is 18.2 Å². The Morgan fingerprint density at radius 1 is 0.864 bits per heavy atom. The van der Waals surface area contributed by atoms with Crippen LogP contribution in [0.1, 0.15) is 0 Å². The summed E-state index contributed by atoms with van der Waals surface area (Å²) in [5.74, 6) is 0.538. The average Bonchev–Trinajstić information content (AvgIpc) is 2.52. The Kier molecular flexibility index (Phi) is 4.81. The molecule has 22 heavy (non-hydrogen) atoms. The first-order chi connectivity index (χ1) is 10.6. The highest BCUT2D eigenvalue weighted by molar-refractivity contribution is 5.48. The molecule has 114 valence electrons. The second-order valence-corrected chi connectivity index (χ2v) is 4.32. The summed E-state index contributed by atoms with van der Waals surface area (Å²) in [4.78, 5) is 24.0. The van der Waals surface area contributed by atoms with Gasteiger partial charge in [0.05, 0.1) is 9.85 Å². The molecule has 9 heteroatoms. The molecule has 1 aromatic carbocycles. The minimum atomic E-state index is -0.507. The zero-order chi connectivity index (χ0) is 15.9. The van der Waals surface area contributed by atoms with Crippen LogP contribution in [0.4, 0.5) is 22.9 Å². The van der Waals surface area contributed by atoms with Crippen LogP contribution in [-0.2, 0) is 0 Å². The molecular weight excluding hydrogens is 290 g/mol. The van der Waals surface area contributed by atoms with Gasteiger partial charge < -0.3 is 10.6 Å². The van der Waals surface area contributed by atoms with Gasteiger partial charge in [0.25, 0.3) is 11.4 Å². The second-order valence-electron chi connectivity index (χ2n) is 4.32. The van der Waals surface area contributed by atoms with Crippen molar-refractivity contribution in [2.45, 2.75) is 0 Å². The number of rotatable bonds is 7. The maximum atomic E-state index is 10.5. The zero-order valence-corrected chi connectivity index (χ0v) is 11.4. The number of aromatic nitrogens is 1. The Bertz CT molecular complexity index is 598. The van der Waals surface area contributed by atoms with E-state index < -0.39 is 9.85 Å². The van der Waals surface area contributed by atoms with Crippen molar-refractivity contribution in [1.29, 1.82) is 0 Å². The molecule has 0 unspecified atom stereocenters. The van der Waals surface area contributed by atoms with Crippen LogP contribution in [0.3, 0.4) is 0 Å². The summed E-state index contributed by atoms with van der Waals surface area (Å²) in [5, 5.41) is 27.1. The first-order valence-electron chi connectivity index (χ1n) is 6.39. The fourth-order valence-electron chi connectivity index (χ4n) is 1.70. The number of nitro groups is 2. The van der Waals surface area contributed by atoms with Crippen LogP contribution in [0.5, 0.6) is 0 Å². The number of hydrogen-bond donors (Lipinski definition) is 2. The monoisotopic (exact) mass is 303 g/mol. The summed E-state index contributed by atoms with van der Waals surface area (Å²) in [7, 11) is 0. The molecule has 0 bridgehead atoms. The van der Waals surface area contributed by atoms with Crippen molar-refractivity contribution in [2.75, 3.05) is 23.7 Å². The molecule has 0 fully saturated rings. The molecular formula is C13H13N5O4. The number of nitrogens with zero attached hydrogens (tertiary/aromatic N) is 3. The van der Waals surface area contributed by atoms with Crippen LogP contribution in [-0.4, -0.2) is 27.9 Å². The Hall–Kier alpha value is -3.23. The summed E-state index contributed by atoms with van der Waals surface area (Å²) in [6.45, 7) is 1.11. The Morgan fingerprint density at radius 2 is 1.45 bits per heavy atom. The molecule has 0 saturated carbocycles. The van der Waals surface area contributed by atoms with Crippen LogP contribution < -0.4 is 10.6 Å². The van der Waals surface area contributed by atoms with E-state index in [0.29, 0.717) is 18.9 Å². The second kappa shape index (κ2) is 6.97. The third-order valence-electron chi connectivity index (χ3n) is 2.80. The highest BCUT2D eigenvalue weighted by atomic mass is 16.6. The van der Waals surface area contributed by atoms with E-state index in [-0.39, 0.29) is 11.4 Å². The quantitative estimate of drug-likeness (QED) is 0.457. The SMILES string of the molecule is O=[N+]([O-])c1ccc(NCCNc2ccc([N+](=O)[O-])cn2)cc1. The Morgan fingerprint density at radius 3 is 2.00 bits per heavy atom. The Balaban J connectivity index is 1.77. The lowest BCUT2D eigenvalue weighted by Gasteiger charge is -2.08. The van der Waals surface area contributed by atoms with Gasteiger partial charge >= 0.3 is 0 Å². The maximum Gasteiger partial charge on any atom is 0.287 e. The standard InChI is InChI=1S/C13H13N5O4/c19-17(20)11-3-1-10(2-4-11)14-7-8-15-13-6-5-12(9-16-13)18(21)22/h1-6,9,14H,7-8H2,(H,15,16). The van der Waals surface area contributed by atoms with Gasteiger partial charge in [-0.1, -0.05) is 0 Å². The molecule has 9 nitrogen and oxygen atoms in total. The fraction of sp³-hybridized carbons (Fsp3) is 0.154. The van der Waals surface area contributed by atoms with E-state index in [2.05, 4.69) is 15.6 Å². The van der Waals surface area contributed by atoms with E-state index in [4.69, 9.17) is 0 Å². The van der Waals surface area contributed by atoms with Gasteiger partial charge in [0.15, 0.2) is 0 Å². The molecule has 0 aliphatic heterocycles. The third kappa shape index (κ3) is 4.13. The first-order valence-corrected chi connectivity index (χ1v) is 6.39. The largest absolute Gasteiger partial charge is 0.383 e. The van der Waals surface area contributed by atoms with Gasteiger partial charge in [-0.3, -0.25) is 20.2 Å². The smallest absolute Gasteiger partial charge is 0.287 e. The molecule has 0 atom stereocenters. The minimum absolute atomic E-state index is 0.0405. The predicted octanol–water partition coefficient (Wildman–Crippen LogP) is 2.42. The van der Waals surface area contributed by atoms with Gasteiger partial charge in [-0.25, -0.2) is 4.98 Å². The van der Waals surface area contributed by atoms with Crippen LogP contribution in [0.15, 0.2) is 42.6 Å². The summed E-state index contributed by atoms with van der Waals surface area (Å²) < 4.78 is 0. The molecule has 0 aliphatic rings. The third-order valence-corrected chi connectivity index (χ3v) is 2.80. The normalized spacial score (nSPS) is 10.0. The van der Waals surface area contributed by atoms with Gasteiger partial charge in [-0.15, -0.1) is 0 Å². The van der Waals surface area contributed by atoms with Crippen molar-refractivity contribution in [2.24, 2.45) is 0 Å². The molecule has 0 radical (unpaired) electrons. The van der Waals surface area contributed by atoms with E-state index >= 15 is 0 Å².